The van der Waals surface area contributed by atoms with E-state index in [0.717, 1.165) is 30.9 Å². The highest BCUT2D eigenvalue weighted by atomic mass is 16.1. The predicted octanol–water partition coefficient (Wildman–Crippen LogP) is 4.27. The van der Waals surface area contributed by atoms with Gasteiger partial charge in [-0.3, -0.25) is 4.79 Å². The number of nitrogens with two attached hydrogens (primary N) is 1. The number of rotatable bonds is 7. The first-order valence-corrected chi connectivity index (χ1v) is 11.4. The Morgan fingerprint density at radius 3 is 2.35 bits per heavy atom. The number of hydrogen-bond acceptors (Lipinski definition) is 5. The second kappa shape index (κ2) is 11.6. The Labute approximate surface area is 184 Å². The average Bonchev–Trinajstić information content (AvgIpc) is 3.18. The van der Waals surface area contributed by atoms with E-state index >= 15 is 0 Å². The fraction of sp³-hybridized carbons (Fsp3) is 0.500. The summed E-state index contributed by atoms with van der Waals surface area (Å²) in [5.41, 5.74) is 7.73. The van der Waals surface area contributed by atoms with Crippen LogP contribution in [0.3, 0.4) is 0 Å². The molecule has 1 aliphatic heterocycles. The van der Waals surface area contributed by atoms with Gasteiger partial charge in [0.25, 0.3) is 5.91 Å². The molecule has 2 aromatic heterocycles. The highest BCUT2D eigenvalue weighted by molar-refractivity contribution is 5.90. The lowest BCUT2D eigenvalue weighted by Crippen LogP contribution is -2.31. The number of carbonyl (C=O) groups is 1. The van der Waals surface area contributed by atoms with Crippen molar-refractivity contribution in [2.75, 3.05) is 19.6 Å². The van der Waals surface area contributed by atoms with Crippen LogP contribution in [0.4, 0.5) is 0 Å². The van der Waals surface area contributed by atoms with Crippen molar-refractivity contribution in [2.24, 2.45) is 5.73 Å². The van der Waals surface area contributed by atoms with Gasteiger partial charge >= 0.3 is 0 Å². The average molecular weight is 423 g/mol. The lowest BCUT2D eigenvalue weighted by atomic mass is 10.1. The number of aryl methyl sites for hydroxylation is 1. The van der Waals surface area contributed by atoms with Crippen molar-refractivity contribution in [2.45, 2.75) is 58.9 Å². The summed E-state index contributed by atoms with van der Waals surface area (Å²) in [6.45, 7) is 8.57. The largest absolute Gasteiger partial charge is 0.363 e. The number of amides is 1. The van der Waals surface area contributed by atoms with E-state index in [-0.39, 0.29) is 5.82 Å². The lowest BCUT2D eigenvalue weighted by Gasteiger charge is -2.26. The minimum absolute atomic E-state index is 0.0271. The minimum atomic E-state index is -0.626. The Kier molecular flexibility index (Phi) is 8.53. The molecule has 0 unspecified atom stereocenters. The molecule has 2 N–H and O–H groups in total. The number of imidazole rings is 1. The number of hydrogen-bond donors (Lipinski definition) is 1. The quantitative estimate of drug-likeness (QED) is 0.614. The molecule has 0 bridgehead atoms. The molecule has 7 heteroatoms. The molecule has 1 aliphatic rings. The summed E-state index contributed by atoms with van der Waals surface area (Å²) in [6.07, 6.45) is 9.14. The number of carbonyl (C=O) groups excluding carboxylic acids is 1. The highest BCUT2D eigenvalue weighted by Gasteiger charge is 2.17. The third-order valence-electron chi connectivity index (χ3n) is 5.54. The van der Waals surface area contributed by atoms with Crippen LogP contribution >= 0.6 is 0 Å². The first-order valence-electron chi connectivity index (χ1n) is 11.4. The van der Waals surface area contributed by atoms with Crippen molar-refractivity contribution in [3.63, 3.8) is 0 Å². The Morgan fingerprint density at radius 2 is 1.71 bits per heavy atom. The van der Waals surface area contributed by atoms with Crippen LogP contribution in [0.5, 0.6) is 0 Å². The molecule has 1 aromatic carbocycles. The molecule has 0 aliphatic carbocycles. The predicted molar refractivity (Wildman–Crippen MR) is 125 cm³/mol. The first kappa shape index (κ1) is 22.9. The zero-order valence-electron chi connectivity index (χ0n) is 18.8. The van der Waals surface area contributed by atoms with E-state index in [4.69, 9.17) is 10.7 Å². The van der Waals surface area contributed by atoms with Crippen molar-refractivity contribution >= 4 is 17.1 Å². The number of piperidine rings is 1. The molecule has 7 nitrogen and oxygen atoms in total. The molecule has 4 rings (SSSR count). The van der Waals surface area contributed by atoms with Crippen LogP contribution in [0.25, 0.3) is 22.6 Å². The first-order chi connectivity index (χ1) is 15.1. The molecule has 0 saturated carbocycles. The maximum atomic E-state index is 11.5. The van der Waals surface area contributed by atoms with Gasteiger partial charge in [-0.2, -0.15) is 0 Å². The van der Waals surface area contributed by atoms with Gasteiger partial charge in [-0.25, -0.2) is 15.0 Å². The van der Waals surface area contributed by atoms with Crippen LogP contribution in [0, 0.1) is 0 Å². The van der Waals surface area contributed by atoms with Gasteiger partial charge in [-0.15, -0.1) is 0 Å². The molecule has 1 saturated heterocycles. The highest BCUT2D eigenvalue weighted by Crippen LogP contribution is 2.24. The molecule has 31 heavy (non-hydrogen) atoms. The van der Waals surface area contributed by atoms with Gasteiger partial charge in [0.05, 0.1) is 6.20 Å². The van der Waals surface area contributed by atoms with E-state index < -0.39 is 5.91 Å². The van der Waals surface area contributed by atoms with Crippen molar-refractivity contribution in [3.8, 4) is 11.4 Å². The number of aromatic nitrogens is 4. The zero-order valence-corrected chi connectivity index (χ0v) is 18.8. The van der Waals surface area contributed by atoms with E-state index in [1.807, 2.05) is 30.3 Å². The third kappa shape index (κ3) is 6.10. The number of likely N-dealkylation sites (tertiary alicyclic amines) is 1. The Hall–Kier alpha value is -2.80. The summed E-state index contributed by atoms with van der Waals surface area (Å²) >= 11 is 0. The zero-order chi connectivity index (χ0) is 22.1. The van der Waals surface area contributed by atoms with Crippen LogP contribution in [-0.2, 0) is 6.54 Å². The summed E-state index contributed by atoms with van der Waals surface area (Å²) in [4.78, 5) is 27.2. The van der Waals surface area contributed by atoms with E-state index in [9.17, 15) is 4.79 Å². The van der Waals surface area contributed by atoms with Gasteiger partial charge in [-0.05, 0) is 38.9 Å². The SMILES string of the molecule is CCCC.NC(=O)c1ncc2nc(-c3ccccc3)n(CCCN3CCCCC3)c2n1. The number of fused-ring (bicyclic) bond motifs is 1. The fourth-order valence-electron chi connectivity index (χ4n) is 3.69. The molecule has 1 fully saturated rings. The van der Waals surface area contributed by atoms with Gasteiger partial charge < -0.3 is 15.2 Å². The maximum absolute atomic E-state index is 11.5. The third-order valence-corrected chi connectivity index (χ3v) is 5.54. The Morgan fingerprint density at radius 1 is 1.00 bits per heavy atom. The normalized spacial score (nSPS) is 14.3. The molecule has 1 amide bonds. The van der Waals surface area contributed by atoms with E-state index in [2.05, 4.69) is 33.3 Å². The summed E-state index contributed by atoms with van der Waals surface area (Å²) in [7, 11) is 0. The minimum Gasteiger partial charge on any atom is -0.363 e. The molecule has 3 aromatic rings. The van der Waals surface area contributed by atoms with Gasteiger partial charge in [0.2, 0.25) is 5.82 Å². The lowest BCUT2D eigenvalue weighted by molar-refractivity contribution is 0.0990. The number of benzene rings is 1. The van der Waals surface area contributed by atoms with Crippen molar-refractivity contribution in [1.82, 2.24) is 24.4 Å². The van der Waals surface area contributed by atoms with Gasteiger partial charge in [-0.1, -0.05) is 63.4 Å². The topological polar surface area (TPSA) is 89.9 Å². The van der Waals surface area contributed by atoms with E-state index in [1.54, 1.807) is 6.20 Å². The monoisotopic (exact) mass is 422 g/mol. The summed E-state index contributed by atoms with van der Waals surface area (Å²) in [5.74, 6) is 0.249. The van der Waals surface area contributed by atoms with E-state index in [0.29, 0.717) is 11.2 Å². The molecular formula is C24H34N6O. The van der Waals surface area contributed by atoms with Crippen LogP contribution < -0.4 is 5.73 Å². The van der Waals surface area contributed by atoms with Crippen molar-refractivity contribution in [1.29, 1.82) is 0 Å². The summed E-state index contributed by atoms with van der Waals surface area (Å²) < 4.78 is 2.09. The smallest absolute Gasteiger partial charge is 0.286 e. The van der Waals surface area contributed by atoms with Crippen LogP contribution in [-0.4, -0.2) is 50.0 Å². The van der Waals surface area contributed by atoms with Crippen LogP contribution in [0.1, 0.15) is 63.0 Å². The van der Waals surface area contributed by atoms with Crippen molar-refractivity contribution < 1.29 is 4.79 Å². The molecule has 0 spiro atoms. The molecule has 3 heterocycles. The van der Waals surface area contributed by atoms with Gasteiger partial charge in [0.15, 0.2) is 5.65 Å². The van der Waals surface area contributed by atoms with Gasteiger partial charge in [0, 0.05) is 12.1 Å². The summed E-state index contributed by atoms with van der Waals surface area (Å²) in [5, 5.41) is 0. The second-order valence-electron chi connectivity index (χ2n) is 7.98. The van der Waals surface area contributed by atoms with E-state index in [1.165, 1.54) is 45.2 Å². The standard InChI is InChI=1S/C20H24N6O.C4H10/c21-17(27)18-22-14-16-20(24-18)26(13-7-12-25-10-5-2-6-11-25)19(23-16)15-8-3-1-4-9-15;1-3-4-2/h1,3-4,8-9,14H,2,5-7,10-13H2,(H2,21,27);3-4H2,1-2H3. The number of nitrogens with zero attached hydrogens (tertiary/aromatic N) is 5. The van der Waals surface area contributed by atoms with Crippen LogP contribution in [0.15, 0.2) is 36.5 Å². The number of unbranched alkanes of at least 4 members (excludes halogenated alkanes) is 1. The molecular weight excluding hydrogens is 388 g/mol. The Balaban J connectivity index is 0.000000628. The maximum Gasteiger partial charge on any atom is 0.286 e. The molecule has 166 valence electrons. The van der Waals surface area contributed by atoms with Gasteiger partial charge in [0.1, 0.15) is 11.3 Å². The second-order valence-corrected chi connectivity index (χ2v) is 7.98. The Bertz CT molecular complexity index is 961. The molecule has 0 atom stereocenters. The van der Waals surface area contributed by atoms with Crippen molar-refractivity contribution in [3.05, 3.63) is 42.4 Å². The summed E-state index contributed by atoms with van der Waals surface area (Å²) in [6, 6.07) is 10.0. The molecule has 0 radical (unpaired) electrons. The van der Waals surface area contributed by atoms with Crippen LogP contribution in [0.2, 0.25) is 0 Å². The number of primary amides is 1. The fourth-order valence-corrected chi connectivity index (χ4v) is 3.69.